The molecular weight excluding hydrogens is 813 g/mol. The van der Waals surface area contributed by atoms with Gasteiger partial charge < -0.3 is 53.6 Å². The maximum Gasteiger partial charge on any atom is 0.410 e. The van der Waals surface area contributed by atoms with Crippen molar-refractivity contribution in [2.45, 2.75) is 194 Å². The number of hydrogen-bond donors (Lipinski definition) is 2. The molecule has 2 N–H and O–H groups in total. The number of aliphatic hydroxyl groups is 1. The summed E-state index contributed by atoms with van der Waals surface area (Å²) in [6, 6.07) is 0.864. The van der Waals surface area contributed by atoms with Gasteiger partial charge in [-0.3, -0.25) is 0 Å². The van der Waals surface area contributed by atoms with Gasteiger partial charge >= 0.3 is 30.2 Å². The van der Waals surface area contributed by atoms with Crippen LogP contribution in [0.1, 0.15) is 153 Å². The molecule has 4 saturated heterocycles. The summed E-state index contributed by atoms with van der Waals surface area (Å²) in [5, 5.41) is 12.2. The van der Waals surface area contributed by atoms with Crippen LogP contribution in [0, 0.1) is 0 Å². The Bertz CT molecular complexity index is 1440. The van der Waals surface area contributed by atoms with Gasteiger partial charge in [0.1, 0.15) is 23.1 Å². The molecule has 0 spiro atoms. The molecule has 4 aliphatic heterocycles. The summed E-state index contributed by atoms with van der Waals surface area (Å²) < 4.78 is 25.5. The number of rotatable bonds is 12. The second kappa shape index (κ2) is 29.3. The van der Waals surface area contributed by atoms with Crippen molar-refractivity contribution >= 4 is 36.5 Å². The molecule has 4 fully saturated rings. The van der Waals surface area contributed by atoms with Gasteiger partial charge in [0.2, 0.25) is 0 Å². The molecule has 0 aromatic rings. The molecule has 16 heteroatoms. The Kier molecular flexibility index (Phi) is 26.4. The van der Waals surface area contributed by atoms with E-state index in [2.05, 4.69) is 5.32 Å². The Hall–Kier alpha value is -4.18. The van der Waals surface area contributed by atoms with Crippen LogP contribution in [-0.4, -0.2) is 143 Å². The number of amides is 3. The van der Waals surface area contributed by atoms with E-state index in [9.17, 15) is 28.8 Å². The summed E-state index contributed by atoms with van der Waals surface area (Å²) in [4.78, 5) is 73.2. The molecule has 0 saturated carbocycles. The average Bonchev–Trinajstić information content (AvgIpc) is 4.00. The Morgan fingerprint density at radius 2 is 0.984 bits per heavy atom. The lowest BCUT2D eigenvalue weighted by atomic mass is 10.1. The van der Waals surface area contributed by atoms with Crippen LogP contribution in [0.3, 0.4) is 0 Å². The van der Waals surface area contributed by atoms with E-state index in [1.807, 2.05) is 75.3 Å². The van der Waals surface area contributed by atoms with Crippen LogP contribution in [0.2, 0.25) is 0 Å². The normalized spacial score (nSPS) is 21.1. The van der Waals surface area contributed by atoms with Crippen LogP contribution in [0.25, 0.3) is 0 Å². The van der Waals surface area contributed by atoms with Gasteiger partial charge in [0.15, 0.2) is 0 Å². The summed E-state index contributed by atoms with van der Waals surface area (Å²) in [5.41, 5.74) is -1.39. The molecule has 63 heavy (non-hydrogen) atoms. The van der Waals surface area contributed by atoms with Crippen molar-refractivity contribution in [2.75, 3.05) is 46.0 Å². The fourth-order valence-corrected chi connectivity index (χ4v) is 7.23. The first-order valence-corrected chi connectivity index (χ1v) is 23.0. The van der Waals surface area contributed by atoms with Crippen LogP contribution in [0.15, 0.2) is 24.3 Å². The zero-order chi connectivity index (χ0) is 47.6. The van der Waals surface area contributed by atoms with Gasteiger partial charge in [-0.05, 0) is 153 Å². The standard InChI is InChI=1S/C15H25NO4.C11H21NO3.C11H19NO3.C10H17NO2/c1-5-19-13(17)10-6-8-12-9-7-11-16(12)14(18)20-15(2,3)4;2*1-11(2,3)15-10(14)12-7-4-5-9(12)6-8-13;1-2-13-10(12)7-3-5-9-6-4-8-11-9/h6,10,12H,5,7-9,11H2,1-4H3;9,13H,4-8H2,1-3H3;8-9H,4-7H2,1-3H3;3,7,9,11H,2,4-6,8H2,1H3/b10-6+;;;7-3+. The van der Waals surface area contributed by atoms with Crippen LogP contribution in [0.4, 0.5) is 14.4 Å². The Labute approximate surface area is 377 Å². The van der Waals surface area contributed by atoms with E-state index in [1.54, 1.807) is 27.7 Å². The SMILES string of the molecule is CC(C)(C)OC(=O)N1CCCC1CC=O.CC(C)(C)OC(=O)N1CCCC1CCO.CCOC(=O)/C=C/CC1CCCN1.CCOC(=O)/C=C/CC1CCCN1C(=O)OC(C)(C)C. The molecular formula is C47H82N4O12. The first-order valence-electron chi connectivity index (χ1n) is 23.0. The van der Waals surface area contributed by atoms with Crippen molar-refractivity contribution in [3.8, 4) is 0 Å². The number of nitrogens with one attached hydrogen (secondary N) is 1. The highest BCUT2D eigenvalue weighted by atomic mass is 16.6. The lowest BCUT2D eigenvalue weighted by Crippen LogP contribution is -2.40. The van der Waals surface area contributed by atoms with Crippen molar-refractivity contribution in [3.05, 3.63) is 24.3 Å². The fraction of sp³-hybridized carbons (Fsp3) is 0.787. The van der Waals surface area contributed by atoms with Crippen LogP contribution in [0.5, 0.6) is 0 Å². The first-order chi connectivity index (χ1) is 29.5. The monoisotopic (exact) mass is 895 g/mol. The smallest absolute Gasteiger partial charge is 0.410 e. The molecule has 0 aromatic heterocycles. The van der Waals surface area contributed by atoms with Crippen molar-refractivity contribution in [3.63, 3.8) is 0 Å². The molecule has 0 radical (unpaired) electrons. The van der Waals surface area contributed by atoms with E-state index in [4.69, 9.17) is 28.8 Å². The molecule has 4 atom stereocenters. The number of nitrogens with zero attached hydrogens (tertiary/aromatic N) is 3. The maximum absolute atomic E-state index is 12.1. The van der Waals surface area contributed by atoms with Gasteiger partial charge in [0.05, 0.1) is 13.2 Å². The van der Waals surface area contributed by atoms with E-state index in [0.29, 0.717) is 51.6 Å². The Morgan fingerprint density at radius 1 is 0.587 bits per heavy atom. The quantitative estimate of drug-likeness (QED) is 0.0833. The van der Waals surface area contributed by atoms with Crippen LogP contribution in [-0.2, 0) is 38.1 Å². The highest BCUT2D eigenvalue weighted by Gasteiger charge is 2.34. The molecule has 4 unspecified atom stereocenters. The number of aliphatic hydroxyl groups excluding tert-OH is 1. The molecule has 16 nitrogen and oxygen atoms in total. The van der Waals surface area contributed by atoms with Gasteiger partial charge in [-0.2, -0.15) is 0 Å². The minimum Gasteiger partial charge on any atom is -0.463 e. The highest BCUT2D eigenvalue weighted by molar-refractivity contribution is 5.82. The number of aldehydes is 1. The molecule has 4 rings (SSSR count). The number of esters is 2. The average molecular weight is 895 g/mol. The van der Waals surface area contributed by atoms with Crippen molar-refractivity contribution < 1.29 is 57.6 Å². The number of hydrogen-bond acceptors (Lipinski definition) is 13. The molecule has 4 heterocycles. The third-order valence-electron chi connectivity index (χ3n) is 9.92. The van der Waals surface area contributed by atoms with Gasteiger partial charge in [-0.15, -0.1) is 0 Å². The molecule has 362 valence electrons. The minimum absolute atomic E-state index is 0.0392. The topological polar surface area (TPSA) is 191 Å². The van der Waals surface area contributed by atoms with E-state index >= 15 is 0 Å². The Morgan fingerprint density at radius 3 is 1.35 bits per heavy atom. The Balaban J connectivity index is 0.000000425. The highest BCUT2D eigenvalue weighted by Crippen LogP contribution is 2.25. The van der Waals surface area contributed by atoms with Gasteiger partial charge in [-0.25, -0.2) is 24.0 Å². The fourth-order valence-electron chi connectivity index (χ4n) is 7.23. The summed E-state index contributed by atoms with van der Waals surface area (Å²) in [7, 11) is 0. The minimum atomic E-state index is -0.481. The zero-order valence-electron chi connectivity index (χ0n) is 40.4. The molecule has 0 aliphatic carbocycles. The third kappa shape index (κ3) is 25.6. The van der Waals surface area contributed by atoms with Crippen molar-refractivity contribution in [1.82, 2.24) is 20.0 Å². The van der Waals surface area contributed by atoms with E-state index in [0.717, 1.165) is 64.3 Å². The lowest BCUT2D eigenvalue weighted by Gasteiger charge is -2.28. The van der Waals surface area contributed by atoms with E-state index in [-0.39, 0.29) is 55.0 Å². The predicted octanol–water partition coefficient (Wildman–Crippen LogP) is 7.89. The predicted molar refractivity (Wildman–Crippen MR) is 242 cm³/mol. The van der Waals surface area contributed by atoms with E-state index in [1.165, 1.54) is 25.0 Å². The number of likely N-dealkylation sites (tertiary alicyclic amines) is 3. The third-order valence-corrected chi connectivity index (χ3v) is 9.92. The van der Waals surface area contributed by atoms with Gasteiger partial charge in [-0.1, -0.05) is 12.2 Å². The number of carbonyl (C=O) groups is 6. The summed E-state index contributed by atoms with van der Waals surface area (Å²) >= 11 is 0. The summed E-state index contributed by atoms with van der Waals surface area (Å²) in [6.07, 6.45) is 17.5. The number of carbonyl (C=O) groups excluding carboxylic acids is 6. The lowest BCUT2D eigenvalue weighted by molar-refractivity contribution is -0.138. The maximum atomic E-state index is 12.1. The second-order valence-electron chi connectivity index (χ2n) is 18.9. The molecule has 0 aromatic carbocycles. The molecule has 0 bridgehead atoms. The number of ether oxygens (including phenoxy) is 5. The molecule has 3 amide bonds. The van der Waals surface area contributed by atoms with E-state index < -0.39 is 16.8 Å². The van der Waals surface area contributed by atoms with Gasteiger partial charge in [0, 0.05) is 69.0 Å². The second-order valence-corrected chi connectivity index (χ2v) is 18.9. The molecule has 4 aliphatic rings. The zero-order valence-corrected chi connectivity index (χ0v) is 40.4. The largest absolute Gasteiger partial charge is 0.463 e. The summed E-state index contributed by atoms with van der Waals surface area (Å²) in [5.74, 6) is -0.574. The van der Waals surface area contributed by atoms with Gasteiger partial charge in [0.25, 0.3) is 0 Å². The summed E-state index contributed by atoms with van der Waals surface area (Å²) in [6.45, 7) is 24.5. The first kappa shape index (κ1) is 56.8. The van der Waals surface area contributed by atoms with Crippen molar-refractivity contribution in [2.24, 2.45) is 0 Å². The van der Waals surface area contributed by atoms with Crippen LogP contribution < -0.4 is 5.32 Å². The van der Waals surface area contributed by atoms with Crippen molar-refractivity contribution in [1.29, 1.82) is 0 Å². The van der Waals surface area contributed by atoms with Crippen LogP contribution >= 0.6 is 0 Å².